The van der Waals surface area contributed by atoms with Gasteiger partial charge in [0, 0.05) is 17.3 Å². The first-order valence-electron chi connectivity index (χ1n) is 5.26. The molecule has 0 atom stereocenters. The average Bonchev–Trinajstić information content (AvgIpc) is 2.40. The number of ketones is 1. The van der Waals surface area contributed by atoms with Gasteiger partial charge in [-0.15, -0.1) is 0 Å². The lowest BCUT2D eigenvalue weighted by Gasteiger charge is -2.04. The summed E-state index contributed by atoms with van der Waals surface area (Å²) in [6, 6.07) is 8.10. The van der Waals surface area contributed by atoms with Crippen molar-refractivity contribution >= 4 is 27.4 Å². The Labute approximate surface area is 116 Å². The van der Waals surface area contributed by atoms with Crippen molar-refractivity contribution < 1.29 is 14.4 Å². The zero-order valence-corrected chi connectivity index (χ0v) is 11.1. The van der Waals surface area contributed by atoms with Crippen LogP contribution in [0.1, 0.15) is 15.9 Å². The summed E-state index contributed by atoms with van der Waals surface area (Å²) < 4.78 is 13.3. The van der Waals surface area contributed by atoms with Crippen LogP contribution in [0.2, 0.25) is 0 Å². The number of carbonyl (C=O) groups excluding carboxylic acids is 1. The van der Waals surface area contributed by atoms with Crippen molar-refractivity contribution in [2.75, 3.05) is 0 Å². The molecule has 0 amide bonds. The molecule has 0 saturated heterocycles. The quantitative estimate of drug-likeness (QED) is 0.310. The Morgan fingerprint density at radius 1 is 1.21 bits per heavy atom. The summed E-state index contributed by atoms with van der Waals surface area (Å²) in [4.78, 5) is 16.1. The van der Waals surface area contributed by atoms with E-state index in [4.69, 9.17) is 5.21 Å². The van der Waals surface area contributed by atoms with Gasteiger partial charge in [0.15, 0.2) is 5.71 Å². The zero-order valence-electron chi connectivity index (χ0n) is 9.55. The molecule has 2 aromatic rings. The summed E-state index contributed by atoms with van der Waals surface area (Å²) in [7, 11) is 0. The highest BCUT2D eigenvalue weighted by molar-refractivity contribution is 9.10. The third-order valence-electron chi connectivity index (χ3n) is 2.42. The summed E-state index contributed by atoms with van der Waals surface area (Å²) in [5.74, 6) is -0.939. The van der Waals surface area contributed by atoms with Crippen LogP contribution in [0.15, 0.2) is 52.4 Å². The van der Waals surface area contributed by atoms with E-state index in [2.05, 4.69) is 26.1 Å². The normalized spacial score (nSPS) is 11.4. The number of oxime groups is 1. The number of hydrogen-bond acceptors (Lipinski definition) is 4. The van der Waals surface area contributed by atoms with Crippen LogP contribution >= 0.6 is 15.9 Å². The van der Waals surface area contributed by atoms with Crippen molar-refractivity contribution in [3.05, 3.63) is 64.1 Å². The minimum absolute atomic E-state index is 0.130. The van der Waals surface area contributed by atoms with Gasteiger partial charge in [0.2, 0.25) is 5.78 Å². The fraction of sp³-hybridized carbons (Fsp3) is 0. The zero-order chi connectivity index (χ0) is 13.8. The first-order valence-corrected chi connectivity index (χ1v) is 6.05. The topological polar surface area (TPSA) is 62.5 Å². The smallest absolute Gasteiger partial charge is 0.215 e. The molecule has 0 saturated carbocycles. The second kappa shape index (κ2) is 5.71. The monoisotopic (exact) mass is 322 g/mol. The van der Waals surface area contributed by atoms with Gasteiger partial charge in [-0.3, -0.25) is 4.79 Å². The second-order valence-electron chi connectivity index (χ2n) is 3.65. The molecule has 2 rings (SSSR count). The summed E-state index contributed by atoms with van der Waals surface area (Å²) in [5.41, 5.74) is 0.524. The number of rotatable bonds is 3. The van der Waals surface area contributed by atoms with Crippen LogP contribution in [-0.2, 0) is 0 Å². The molecule has 0 aliphatic rings. The van der Waals surface area contributed by atoms with Crippen LogP contribution in [-0.4, -0.2) is 21.7 Å². The van der Waals surface area contributed by atoms with Crippen molar-refractivity contribution in [2.45, 2.75) is 0 Å². The van der Waals surface area contributed by atoms with E-state index in [9.17, 15) is 9.18 Å². The average molecular weight is 323 g/mol. The lowest BCUT2D eigenvalue weighted by molar-refractivity contribution is 0.106. The van der Waals surface area contributed by atoms with E-state index in [1.165, 1.54) is 30.5 Å². The highest BCUT2D eigenvalue weighted by Crippen LogP contribution is 2.13. The van der Waals surface area contributed by atoms with Gasteiger partial charge in [-0.05, 0) is 52.3 Å². The Bertz CT molecular complexity index is 641. The second-order valence-corrected chi connectivity index (χ2v) is 4.46. The third-order valence-corrected chi connectivity index (χ3v) is 2.86. The molecule has 0 aliphatic heterocycles. The highest BCUT2D eigenvalue weighted by atomic mass is 79.9. The lowest BCUT2D eigenvalue weighted by Crippen LogP contribution is -2.16. The van der Waals surface area contributed by atoms with Crippen LogP contribution in [0.3, 0.4) is 0 Å². The first-order chi connectivity index (χ1) is 9.11. The van der Waals surface area contributed by atoms with Gasteiger partial charge in [-0.2, -0.15) is 0 Å². The van der Waals surface area contributed by atoms with Crippen molar-refractivity contribution in [1.29, 1.82) is 0 Å². The number of benzene rings is 1. The van der Waals surface area contributed by atoms with Gasteiger partial charge < -0.3 is 5.21 Å². The van der Waals surface area contributed by atoms with Gasteiger partial charge in [-0.1, -0.05) is 5.16 Å². The van der Waals surface area contributed by atoms with Gasteiger partial charge >= 0.3 is 0 Å². The van der Waals surface area contributed by atoms with E-state index in [0.717, 1.165) is 0 Å². The van der Waals surface area contributed by atoms with E-state index in [0.29, 0.717) is 10.2 Å². The Kier molecular flexibility index (Phi) is 4.01. The molecule has 0 bridgehead atoms. The van der Waals surface area contributed by atoms with Crippen LogP contribution in [0.4, 0.5) is 4.39 Å². The van der Waals surface area contributed by atoms with Crippen LogP contribution in [0, 0.1) is 5.82 Å². The molecule has 1 aromatic heterocycles. The van der Waals surface area contributed by atoms with Crippen molar-refractivity contribution in [3.8, 4) is 0 Å². The SMILES string of the molecule is O=C(/C(=N/O)c1ccnc(Br)c1)c1ccc(F)cc1. The van der Waals surface area contributed by atoms with E-state index >= 15 is 0 Å². The fourth-order valence-corrected chi connectivity index (χ4v) is 1.89. The molecule has 1 N–H and O–H groups in total. The number of aromatic nitrogens is 1. The van der Waals surface area contributed by atoms with E-state index in [1.54, 1.807) is 12.1 Å². The molecule has 0 fully saturated rings. The summed E-state index contributed by atoms with van der Waals surface area (Å²) in [6.07, 6.45) is 1.47. The highest BCUT2D eigenvalue weighted by Gasteiger charge is 2.17. The molecule has 4 nitrogen and oxygen atoms in total. The molecule has 0 spiro atoms. The molecule has 0 unspecified atom stereocenters. The van der Waals surface area contributed by atoms with Crippen LogP contribution < -0.4 is 0 Å². The largest absolute Gasteiger partial charge is 0.410 e. The molecular formula is C13H8BrFN2O2. The van der Waals surface area contributed by atoms with Crippen molar-refractivity contribution in [1.82, 2.24) is 4.98 Å². The van der Waals surface area contributed by atoms with Crippen molar-refractivity contribution in [3.63, 3.8) is 0 Å². The summed E-state index contributed by atoms with van der Waals surface area (Å²) in [5, 5.41) is 12.0. The Morgan fingerprint density at radius 3 is 2.47 bits per heavy atom. The van der Waals surface area contributed by atoms with E-state index in [1.807, 2.05) is 0 Å². The molecule has 1 aromatic carbocycles. The van der Waals surface area contributed by atoms with Gasteiger partial charge in [0.1, 0.15) is 10.4 Å². The Balaban J connectivity index is 2.38. The molecule has 0 radical (unpaired) electrons. The first kappa shape index (κ1) is 13.4. The van der Waals surface area contributed by atoms with Gasteiger partial charge in [0.05, 0.1) is 0 Å². The Morgan fingerprint density at radius 2 is 1.89 bits per heavy atom. The molecule has 1 heterocycles. The predicted octanol–water partition coefficient (Wildman–Crippen LogP) is 3.04. The predicted molar refractivity (Wildman–Crippen MR) is 71.0 cm³/mol. The Hall–Kier alpha value is -2.08. The maximum absolute atomic E-state index is 12.8. The van der Waals surface area contributed by atoms with Crippen LogP contribution in [0.25, 0.3) is 0 Å². The summed E-state index contributed by atoms with van der Waals surface area (Å²) in [6.45, 7) is 0. The minimum atomic E-state index is -0.499. The maximum Gasteiger partial charge on any atom is 0.215 e. The van der Waals surface area contributed by atoms with E-state index < -0.39 is 11.6 Å². The molecule has 96 valence electrons. The van der Waals surface area contributed by atoms with E-state index in [-0.39, 0.29) is 11.3 Å². The molecule has 19 heavy (non-hydrogen) atoms. The number of hydrogen-bond donors (Lipinski definition) is 1. The number of nitrogens with zero attached hydrogens (tertiary/aromatic N) is 2. The fourth-order valence-electron chi connectivity index (χ4n) is 1.52. The number of Topliss-reactive ketones (excluding diaryl/α,β-unsaturated/α-hetero) is 1. The molecule has 6 heteroatoms. The minimum Gasteiger partial charge on any atom is -0.410 e. The van der Waals surface area contributed by atoms with Crippen LogP contribution in [0.5, 0.6) is 0 Å². The standard InChI is InChI=1S/C13H8BrFN2O2/c14-11-7-9(5-6-16-11)12(17-19)13(18)8-1-3-10(15)4-2-8/h1-7,19H/b17-12+. The number of pyridine rings is 1. The third kappa shape index (κ3) is 3.03. The molecular weight excluding hydrogens is 315 g/mol. The maximum atomic E-state index is 12.8. The number of carbonyl (C=O) groups is 1. The van der Waals surface area contributed by atoms with Crippen molar-refractivity contribution in [2.24, 2.45) is 5.16 Å². The summed E-state index contributed by atoms with van der Waals surface area (Å²) >= 11 is 3.17. The number of halogens is 2. The van der Waals surface area contributed by atoms with Gasteiger partial charge in [-0.25, -0.2) is 9.37 Å². The lowest BCUT2D eigenvalue weighted by atomic mass is 10.0. The molecule has 0 aliphatic carbocycles. The van der Waals surface area contributed by atoms with Gasteiger partial charge in [0.25, 0.3) is 0 Å².